The highest BCUT2D eigenvalue weighted by Crippen LogP contribution is 2.55. The molecule has 1 aliphatic carbocycles. The van der Waals surface area contributed by atoms with Crippen LogP contribution in [0.3, 0.4) is 0 Å². The number of hydrogen-bond acceptors (Lipinski definition) is 3. The maximum absolute atomic E-state index is 13.9. The molecule has 2 aromatic rings. The number of carbonyl (C=O) groups excluding carboxylic acids is 2. The smallest absolute Gasteiger partial charge is 0.268 e. The van der Waals surface area contributed by atoms with Gasteiger partial charge in [0.2, 0.25) is 5.91 Å². The van der Waals surface area contributed by atoms with E-state index in [0.29, 0.717) is 13.1 Å². The summed E-state index contributed by atoms with van der Waals surface area (Å²) in [5.41, 5.74) is 4.23. The number of nitrogens with zero attached hydrogens (tertiary/aromatic N) is 2. The first kappa shape index (κ1) is 17.8. The van der Waals surface area contributed by atoms with Crippen molar-refractivity contribution < 1.29 is 9.59 Å². The quantitative estimate of drug-likeness (QED) is 0.791. The molecule has 0 N–H and O–H groups in total. The van der Waals surface area contributed by atoms with Crippen LogP contribution in [-0.4, -0.2) is 29.0 Å². The van der Waals surface area contributed by atoms with Crippen LogP contribution in [0.2, 0.25) is 0 Å². The number of aryl methyl sites for hydroxylation is 1. The summed E-state index contributed by atoms with van der Waals surface area (Å²) in [5.74, 6) is 1.10. The van der Waals surface area contributed by atoms with Crippen LogP contribution in [-0.2, 0) is 21.0 Å². The highest BCUT2D eigenvalue weighted by molar-refractivity contribution is 8.01. The normalized spacial score (nSPS) is 24.0. The number of fused-ring (bicyclic) bond motifs is 2. The van der Waals surface area contributed by atoms with E-state index in [1.165, 1.54) is 5.56 Å². The van der Waals surface area contributed by atoms with Gasteiger partial charge in [-0.3, -0.25) is 9.59 Å². The van der Waals surface area contributed by atoms with E-state index in [2.05, 4.69) is 19.1 Å². The van der Waals surface area contributed by atoms with Crippen LogP contribution in [0.5, 0.6) is 0 Å². The summed E-state index contributed by atoms with van der Waals surface area (Å²) in [7, 11) is 0. The predicted molar refractivity (Wildman–Crippen MR) is 112 cm³/mol. The lowest BCUT2D eigenvalue weighted by atomic mass is 9.84. The number of hydrogen-bond donors (Lipinski definition) is 0. The van der Waals surface area contributed by atoms with Crippen LogP contribution in [0.25, 0.3) is 0 Å². The molecule has 2 aromatic carbocycles. The molecule has 1 spiro atoms. The maximum Gasteiger partial charge on any atom is 0.268 e. The van der Waals surface area contributed by atoms with Gasteiger partial charge in [-0.15, -0.1) is 11.8 Å². The lowest BCUT2D eigenvalue weighted by Crippen LogP contribution is -2.52. The summed E-state index contributed by atoms with van der Waals surface area (Å²) in [6, 6.07) is 16.2. The van der Waals surface area contributed by atoms with Gasteiger partial charge in [-0.05, 0) is 37.0 Å². The fraction of sp³-hybridized carbons (Fsp3) is 0.391. The van der Waals surface area contributed by atoms with Crippen LogP contribution in [0.1, 0.15) is 36.0 Å². The van der Waals surface area contributed by atoms with Crippen LogP contribution >= 0.6 is 11.8 Å². The van der Waals surface area contributed by atoms with Crippen molar-refractivity contribution in [2.75, 3.05) is 17.2 Å². The Labute approximate surface area is 169 Å². The predicted octanol–water partition coefficient (Wildman–Crippen LogP) is 4.07. The van der Waals surface area contributed by atoms with Crippen LogP contribution in [0.4, 0.5) is 5.69 Å². The first-order valence-corrected chi connectivity index (χ1v) is 11.0. The largest absolute Gasteiger partial charge is 0.315 e. The van der Waals surface area contributed by atoms with Gasteiger partial charge in [0.15, 0.2) is 4.87 Å². The van der Waals surface area contributed by atoms with E-state index < -0.39 is 4.87 Å². The Morgan fingerprint density at radius 1 is 1.14 bits per heavy atom. The van der Waals surface area contributed by atoms with Crippen molar-refractivity contribution >= 4 is 29.3 Å². The zero-order valence-electron chi connectivity index (χ0n) is 16.1. The van der Waals surface area contributed by atoms with Crippen molar-refractivity contribution in [2.24, 2.45) is 5.92 Å². The van der Waals surface area contributed by atoms with Gasteiger partial charge in [-0.25, -0.2) is 0 Å². The van der Waals surface area contributed by atoms with Crippen molar-refractivity contribution in [1.29, 1.82) is 0 Å². The summed E-state index contributed by atoms with van der Waals surface area (Å²) >= 11 is 1.62. The van der Waals surface area contributed by atoms with E-state index >= 15 is 0 Å². The number of amides is 2. The fourth-order valence-corrected chi connectivity index (χ4v) is 6.05. The number of thioether (sulfide) groups is 1. The lowest BCUT2D eigenvalue weighted by molar-refractivity contribution is -0.145. The first-order valence-electron chi connectivity index (χ1n) is 10.0. The summed E-state index contributed by atoms with van der Waals surface area (Å²) in [6.07, 6.45) is 3.03. The van der Waals surface area contributed by atoms with E-state index in [0.717, 1.165) is 41.8 Å². The van der Waals surface area contributed by atoms with Crippen LogP contribution in [0, 0.1) is 12.8 Å². The molecule has 2 fully saturated rings. The monoisotopic (exact) mass is 392 g/mol. The molecule has 0 radical (unpaired) electrons. The Balaban J connectivity index is 1.57. The standard InChI is InChI=1S/C23H24N2O2S/c1-16-7-2-3-8-18(16)15-24-20-12-5-4-11-19(20)23(22(24)27)25(13-14-28-23)21(26)17-9-6-10-17/h2-5,7-8,11-12,17H,6,9-10,13-15H2,1H3. The van der Waals surface area contributed by atoms with Crippen LogP contribution in [0.15, 0.2) is 48.5 Å². The average Bonchev–Trinajstić information content (AvgIpc) is 3.20. The maximum atomic E-state index is 13.9. The third-order valence-electron chi connectivity index (χ3n) is 6.41. The molecule has 4 nitrogen and oxygen atoms in total. The number of benzene rings is 2. The number of carbonyl (C=O) groups is 2. The summed E-state index contributed by atoms with van der Waals surface area (Å²) in [5, 5.41) is 0. The molecule has 1 atom stereocenters. The van der Waals surface area contributed by atoms with Gasteiger partial charge >= 0.3 is 0 Å². The van der Waals surface area contributed by atoms with Crippen molar-refractivity contribution in [3.8, 4) is 0 Å². The molecule has 2 heterocycles. The van der Waals surface area contributed by atoms with E-state index in [1.807, 2.05) is 46.2 Å². The zero-order valence-corrected chi connectivity index (χ0v) is 16.9. The molecule has 2 aliphatic heterocycles. The molecule has 28 heavy (non-hydrogen) atoms. The van der Waals surface area contributed by atoms with Crippen LogP contribution < -0.4 is 4.90 Å². The molecule has 2 amide bonds. The Morgan fingerprint density at radius 3 is 2.64 bits per heavy atom. The fourth-order valence-electron chi connectivity index (χ4n) is 4.58. The molecule has 144 valence electrons. The second-order valence-corrected chi connectivity index (χ2v) is 9.23. The molecule has 3 aliphatic rings. The lowest BCUT2D eigenvalue weighted by Gasteiger charge is -2.37. The average molecular weight is 393 g/mol. The second kappa shape index (κ2) is 6.66. The minimum atomic E-state index is -0.883. The van der Waals surface area contributed by atoms with Gasteiger partial charge in [-0.2, -0.15) is 0 Å². The Bertz CT molecular complexity index is 955. The van der Waals surface area contributed by atoms with Crippen molar-refractivity contribution in [3.05, 3.63) is 65.2 Å². The minimum Gasteiger partial charge on any atom is -0.315 e. The Morgan fingerprint density at radius 2 is 1.89 bits per heavy atom. The molecule has 1 saturated carbocycles. The first-order chi connectivity index (χ1) is 13.6. The molecule has 1 unspecified atom stereocenters. The summed E-state index contributed by atoms with van der Waals surface area (Å²) in [4.78, 5) is 30.0. The molecule has 5 rings (SSSR count). The van der Waals surface area contributed by atoms with Gasteiger partial charge in [-0.1, -0.05) is 48.9 Å². The third kappa shape index (κ3) is 2.45. The zero-order chi connectivity index (χ0) is 19.3. The van der Waals surface area contributed by atoms with Gasteiger partial charge in [0.25, 0.3) is 5.91 Å². The number of rotatable bonds is 3. The molecular formula is C23H24N2O2S. The number of para-hydroxylation sites is 1. The Hall–Kier alpha value is -2.27. The Kier molecular flexibility index (Phi) is 4.23. The SMILES string of the molecule is Cc1ccccc1CN1C(=O)C2(SCCN2C(=O)C2CCC2)c2ccccc21. The van der Waals surface area contributed by atoms with E-state index in [9.17, 15) is 9.59 Å². The highest BCUT2D eigenvalue weighted by Gasteiger charge is 2.60. The summed E-state index contributed by atoms with van der Waals surface area (Å²) in [6.45, 7) is 3.27. The van der Waals surface area contributed by atoms with E-state index in [-0.39, 0.29) is 17.7 Å². The minimum absolute atomic E-state index is 0.0344. The van der Waals surface area contributed by atoms with E-state index in [4.69, 9.17) is 0 Å². The number of anilines is 1. The van der Waals surface area contributed by atoms with Crippen molar-refractivity contribution in [1.82, 2.24) is 4.90 Å². The highest BCUT2D eigenvalue weighted by atomic mass is 32.2. The molecular weight excluding hydrogens is 368 g/mol. The second-order valence-electron chi connectivity index (χ2n) is 7.95. The third-order valence-corrected chi connectivity index (χ3v) is 7.83. The molecule has 0 bridgehead atoms. The van der Waals surface area contributed by atoms with Gasteiger partial charge in [0, 0.05) is 23.8 Å². The molecule has 5 heteroatoms. The van der Waals surface area contributed by atoms with Gasteiger partial charge < -0.3 is 9.80 Å². The van der Waals surface area contributed by atoms with Gasteiger partial charge in [0.1, 0.15) is 0 Å². The topological polar surface area (TPSA) is 40.6 Å². The van der Waals surface area contributed by atoms with Crippen molar-refractivity contribution in [3.63, 3.8) is 0 Å². The van der Waals surface area contributed by atoms with Crippen molar-refractivity contribution in [2.45, 2.75) is 37.6 Å². The molecule has 0 aromatic heterocycles. The summed E-state index contributed by atoms with van der Waals surface area (Å²) < 4.78 is 0. The van der Waals surface area contributed by atoms with E-state index in [1.54, 1.807) is 11.8 Å². The van der Waals surface area contributed by atoms with Gasteiger partial charge in [0.05, 0.1) is 12.2 Å². The molecule has 1 saturated heterocycles.